The molecule has 0 bridgehead atoms. The lowest BCUT2D eigenvalue weighted by molar-refractivity contribution is 0.797. The summed E-state index contributed by atoms with van der Waals surface area (Å²) in [4.78, 5) is 5.18. The molecule has 0 fully saturated rings. The second-order valence-electron chi connectivity index (χ2n) is 16.3. The van der Waals surface area contributed by atoms with Gasteiger partial charge >= 0.3 is 0 Å². The zero-order chi connectivity index (χ0) is 40.1. The number of fused-ring (bicyclic) bond motifs is 16. The topological polar surface area (TPSA) is 3.24 Å². The van der Waals surface area contributed by atoms with E-state index in [-0.39, 0.29) is 0 Å². The molecule has 0 N–H and O–H groups in total. The van der Waals surface area contributed by atoms with E-state index >= 15 is 0 Å². The third-order valence-electron chi connectivity index (χ3n) is 13.2. The monoisotopic (exact) mass is 791 g/mol. The van der Waals surface area contributed by atoms with Crippen LogP contribution in [0.15, 0.2) is 224 Å². The van der Waals surface area contributed by atoms with Crippen LogP contribution in [0.4, 0.5) is 17.1 Å². The number of benzene rings is 10. The van der Waals surface area contributed by atoms with Crippen molar-refractivity contribution in [2.24, 2.45) is 0 Å². The molecule has 61 heavy (non-hydrogen) atoms. The molecule has 0 atom stereocenters. The summed E-state index contributed by atoms with van der Waals surface area (Å²) in [6.45, 7) is 0. The molecular formula is C59H37NS. The van der Waals surface area contributed by atoms with Gasteiger partial charge in [-0.1, -0.05) is 194 Å². The summed E-state index contributed by atoms with van der Waals surface area (Å²) in [5.74, 6) is 0. The SMILES string of the molecule is c1ccc(-c2sc3c(c2-c2ccccc2)C2(c4ccccc4-c4ccccc42)c2c-3cccc2N(c2ccccc2)c2ccc3c4ccccc4c4ccccc4c3c2)cc1. The Morgan fingerprint density at radius 3 is 1.44 bits per heavy atom. The molecule has 0 saturated carbocycles. The van der Waals surface area contributed by atoms with Crippen molar-refractivity contribution in [1.29, 1.82) is 0 Å². The van der Waals surface area contributed by atoms with Crippen LogP contribution in [0.5, 0.6) is 0 Å². The molecular weight excluding hydrogens is 755 g/mol. The Bertz CT molecular complexity index is 3450. The zero-order valence-corrected chi connectivity index (χ0v) is 34.0. The van der Waals surface area contributed by atoms with E-state index in [1.807, 2.05) is 11.3 Å². The number of nitrogens with zero attached hydrogens (tertiary/aromatic N) is 1. The van der Waals surface area contributed by atoms with Crippen LogP contribution in [-0.4, -0.2) is 0 Å². The van der Waals surface area contributed by atoms with Gasteiger partial charge < -0.3 is 4.90 Å². The molecule has 1 heterocycles. The molecule has 11 aromatic rings. The molecule has 1 nitrogen and oxygen atoms in total. The van der Waals surface area contributed by atoms with Gasteiger partial charge in [-0.3, -0.25) is 0 Å². The molecule has 1 aromatic heterocycles. The number of thiophene rings is 1. The number of rotatable bonds is 5. The van der Waals surface area contributed by atoms with Crippen LogP contribution in [0.3, 0.4) is 0 Å². The Morgan fingerprint density at radius 2 is 0.820 bits per heavy atom. The lowest BCUT2D eigenvalue weighted by atomic mass is 9.68. The van der Waals surface area contributed by atoms with Gasteiger partial charge in [-0.05, 0) is 107 Å². The van der Waals surface area contributed by atoms with Crippen molar-refractivity contribution in [3.05, 3.63) is 247 Å². The molecule has 10 aromatic carbocycles. The molecule has 0 aliphatic heterocycles. The molecule has 2 aliphatic carbocycles. The Morgan fingerprint density at radius 1 is 0.328 bits per heavy atom. The first-order valence-electron chi connectivity index (χ1n) is 21.1. The lowest BCUT2D eigenvalue weighted by Gasteiger charge is -2.36. The van der Waals surface area contributed by atoms with Crippen LogP contribution < -0.4 is 4.90 Å². The van der Waals surface area contributed by atoms with Crippen LogP contribution in [0, 0.1) is 0 Å². The minimum atomic E-state index is -0.601. The Hall–Kier alpha value is -7.52. The molecule has 0 unspecified atom stereocenters. The summed E-state index contributed by atoms with van der Waals surface area (Å²) >= 11 is 1.95. The van der Waals surface area contributed by atoms with Gasteiger partial charge in [0.15, 0.2) is 0 Å². The zero-order valence-electron chi connectivity index (χ0n) is 33.2. The van der Waals surface area contributed by atoms with Crippen LogP contribution in [0.1, 0.15) is 22.3 Å². The van der Waals surface area contributed by atoms with Crippen LogP contribution in [-0.2, 0) is 5.41 Å². The molecule has 0 amide bonds. The lowest BCUT2D eigenvalue weighted by Crippen LogP contribution is -2.28. The Balaban J connectivity index is 1.18. The summed E-state index contributed by atoms with van der Waals surface area (Å²) in [5.41, 5.74) is 15.9. The first-order valence-corrected chi connectivity index (χ1v) is 21.9. The van der Waals surface area contributed by atoms with Gasteiger partial charge in [0.25, 0.3) is 0 Å². The second-order valence-corrected chi connectivity index (χ2v) is 17.3. The van der Waals surface area contributed by atoms with Crippen molar-refractivity contribution < 1.29 is 0 Å². The maximum Gasteiger partial charge on any atom is 0.0760 e. The fourth-order valence-electron chi connectivity index (χ4n) is 10.9. The highest BCUT2D eigenvalue weighted by molar-refractivity contribution is 7.20. The third kappa shape index (κ3) is 4.77. The number of hydrogen-bond acceptors (Lipinski definition) is 2. The molecule has 2 heteroatoms. The largest absolute Gasteiger partial charge is 0.310 e. The van der Waals surface area contributed by atoms with Crippen LogP contribution in [0.2, 0.25) is 0 Å². The van der Waals surface area contributed by atoms with E-state index < -0.39 is 5.41 Å². The summed E-state index contributed by atoms with van der Waals surface area (Å²) in [5, 5.41) is 7.63. The predicted octanol–water partition coefficient (Wildman–Crippen LogP) is 16.4. The number of anilines is 3. The van der Waals surface area contributed by atoms with E-state index in [9.17, 15) is 0 Å². The highest BCUT2D eigenvalue weighted by atomic mass is 32.1. The Labute approximate surface area is 359 Å². The van der Waals surface area contributed by atoms with Gasteiger partial charge in [-0.15, -0.1) is 11.3 Å². The first kappa shape index (κ1) is 34.4. The maximum atomic E-state index is 2.53. The van der Waals surface area contributed by atoms with Gasteiger partial charge in [-0.25, -0.2) is 0 Å². The van der Waals surface area contributed by atoms with E-state index in [1.54, 1.807) is 0 Å². The van der Waals surface area contributed by atoms with Gasteiger partial charge in [0.05, 0.1) is 11.1 Å². The highest BCUT2D eigenvalue weighted by Crippen LogP contribution is 2.69. The van der Waals surface area contributed by atoms with E-state index in [0.717, 1.165) is 11.4 Å². The van der Waals surface area contributed by atoms with Crippen molar-refractivity contribution >= 4 is 60.7 Å². The third-order valence-corrected chi connectivity index (χ3v) is 14.5. The molecule has 0 radical (unpaired) electrons. The molecule has 0 saturated heterocycles. The minimum Gasteiger partial charge on any atom is -0.310 e. The van der Waals surface area contributed by atoms with Crippen molar-refractivity contribution in [3.8, 4) is 43.1 Å². The van der Waals surface area contributed by atoms with Gasteiger partial charge in [0.1, 0.15) is 0 Å². The Kier molecular flexibility index (Phi) is 7.46. The van der Waals surface area contributed by atoms with E-state index in [4.69, 9.17) is 0 Å². The minimum absolute atomic E-state index is 0.601. The molecule has 13 rings (SSSR count). The summed E-state index contributed by atoms with van der Waals surface area (Å²) < 4.78 is 0. The average molecular weight is 792 g/mol. The van der Waals surface area contributed by atoms with Gasteiger partial charge in [0.2, 0.25) is 0 Å². The second kappa shape index (κ2) is 13.2. The quantitative estimate of drug-likeness (QED) is 0.157. The smallest absolute Gasteiger partial charge is 0.0760 e. The highest BCUT2D eigenvalue weighted by Gasteiger charge is 2.56. The predicted molar refractivity (Wildman–Crippen MR) is 259 cm³/mol. The van der Waals surface area contributed by atoms with Crippen molar-refractivity contribution in [1.82, 2.24) is 0 Å². The summed E-state index contributed by atoms with van der Waals surface area (Å²) in [6.07, 6.45) is 0. The first-order chi connectivity index (χ1) is 30.3. The fraction of sp³-hybridized carbons (Fsp3) is 0.0169. The van der Waals surface area contributed by atoms with E-state index in [0.29, 0.717) is 0 Å². The van der Waals surface area contributed by atoms with Gasteiger partial charge in [0, 0.05) is 32.3 Å². The standard InChI is InChI=1S/C59H37NS/c1-4-19-38(20-5-1)54-56-58(61-57(54)39-21-6-2-7-22-39)49-31-18-34-53(55(49)59(56)51-32-16-14-29-47(51)48-30-15-17-33-52(48)59)60(40-23-8-3-9-24-40)41-35-36-46-44-27-11-10-25-42(44)43-26-12-13-28-45(43)50(46)37-41/h1-37H. The number of para-hydroxylation sites is 1. The molecule has 284 valence electrons. The average Bonchev–Trinajstić information content (AvgIpc) is 3.97. The van der Waals surface area contributed by atoms with E-state index in [2.05, 4.69) is 229 Å². The van der Waals surface area contributed by atoms with Crippen molar-refractivity contribution in [3.63, 3.8) is 0 Å². The molecule has 1 spiro atoms. The van der Waals surface area contributed by atoms with Crippen molar-refractivity contribution in [2.75, 3.05) is 4.90 Å². The summed E-state index contributed by atoms with van der Waals surface area (Å²) in [7, 11) is 0. The molecule has 2 aliphatic rings. The van der Waals surface area contributed by atoms with Gasteiger partial charge in [-0.2, -0.15) is 0 Å². The van der Waals surface area contributed by atoms with Crippen LogP contribution >= 0.6 is 11.3 Å². The maximum absolute atomic E-state index is 2.53. The van der Waals surface area contributed by atoms with Crippen LogP contribution in [0.25, 0.3) is 75.5 Å². The van der Waals surface area contributed by atoms with E-state index in [1.165, 1.54) is 103 Å². The summed E-state index contributed by atoms with van der Waals surface area (Å²) in [6, 6.07) is 83.4. The van der Waals surface area contributed by atoms with Crippen molar-refractivity contribution in [2.45, 2.75) is 5.41 Å². The normalized spacial score (nSPS) is 13.0. The fourth-order valence-corrected chi connectivity index (χ4v) is 12.3. The number of hydrogen-bond donors (Lipinski definition) is 0.